The minimum atomic E-state index is -2.79. The van der Waals surface area contributed by atoms with Crippen molar-refractivity contribution in [2.24, 2.45) is 5.92 Å². The zero-order chi connectivity index (χ0) is 25.4. The van der Waals surface area contributed by atoms with E-state index >= 15 is 0 Å². The molecule has 3 atom stereocenters. The summed E-state index contributed by atoms with van der Waals surface area (Å²) in [6.07, 6.45) is 0.554. The van der Waals surface area contributed by atoms with Crippen molar-refractivity contribution < 1.29 is 18.7 Å². The Kier molecular flexibility index (Phi) is 7.55. The number of anilines is 1. The fraction of sp³-hybridized carbons (Fsp3) is 0.615. The predicted octanol–water partition coefficient (Wildman–Crippen LogP) is 4.72. The van der Waals surface area contributed by atoms with Crippen LogP contribution in [-0.4, -0.2) is 71.2 Å². The Hall–Kier alpha value is -2.03. The number of fused-ring (bicyclic) bond motifs is 1. The number of hydrogen-bond donors (Lipinski definition) is 2. The van der Waals surface area contributed by atoms with E-state index in [0.717, 1.165) is 38.4 Å². The molecule has 3 unspecified atom stereocenters. The summed E-state index contributed by atoms with van der Waals surface area (Å²) in [7, 11) is 0. The first-order chi connectivity index (χ1) is 16.6. The lowest BCUT2D eigenvalue weighted by atomic mass is 9.76. The normalized spacial score (nSPS) is 26.5. The van der Waals surface area contributed by atoms with Gasteiger partial charge in [-0.3, -0.25) is 9.69 Å². The molecule has 1 aliphatic carbocycles. The molecule has 4 rings (SSSR count). The SMILES string of the molecule is CCN(CC)C1CCN(c2ccc3c(C(=O)NCC4(O)CCC(F)(F)C(C)C4)c(Cl)ccc3n2)C1. The summed E-state index contributed by atoms with van der Waals surface area (Å²) >= 11 is 6.40. The molecule has 2 N–H and O–H groups in total. The second-order valence-corrected chi connectivity index (χ2v) is 10.4. The molecule has 0 spiro atoms. The van der Waals surface area contributed by atoms with Gasteiger partial charge in [0.1, 0.15) is 5.82 Å². The zero-order valence-corrected chi connectivity index (χ0v) is 21.4. The van der Waals surface area contributed by atoms with Crippen LogP contribution < -0.4 is 10.2 Å². The number of alkyl halides is 2. The minimum Gasteiger partial charge on any atom is -0.388 e. The van der Waals surface area contributed by atoms with Crippen LogP contribution in [-0.2, 0) is 0 Å². The molecule has 0 radical (unpaired) electrons. The van der Waals surface area contributed by atoms with E-state index in [4.69, 9.17) is 16.6 Å². The molecule has 1 aromatic carbocycles. The second-order valence-electron chi connectivity index (χ2n) is 10.0. The molecule has 2 aromatic rings. The van der Waals surface area contributed by atoms with Crippen LogP contribution in [0, 0.1) is 5.92 Å². The smallest absolute Gasteiger partial charge is 0.253 e. The molecule has 1 aliphatic heterocycles. The molecule has 2 fully saturated rings. The van der Waals surface area contributed by atoms with Crippen LogP contribution in [0.5, 0.6) is 0 Å². The van der Waals surface area contributed by atoms with Crippen molar-refractivity contribution in [1.29, 1.82) is 0 Å². The molecule has 35 heavy (non-hydrogen) atoms. The molecule has 2 aliphatic rings. The van der Waals surface area contributed by atoms with Crippen LogP contribution in [0.4, 0.5) is 14.6 Å². The fourth-order valence-corrected chi connectivity index (χ4v) is 5.77. The highest BCUT2D eigenvalue weighted by Crippen LogP contribution is 2.42. The van der Waals surface area contributed by atoms with Gasteiger partial charge in [0.05, 0.1) is 21.7 Å². The number of nitrogens with one attached hydrogen (secondary N) is 1. The molecule has 9 heteroatoms. The zero-order valence-electron chi connectivity index (χ0n) is 20.7. The average Bonchev–Trinajstić information content (AvgIpc) is 3.31. The van der Waals surface area contributed by atoms with E-state index in [0.29, 0.717) is 16.9 Å². The van der Waals surface area contributed by atoms with E-state index in [9.17, 15) is 18.7 Å². The number of likely N-dealkylation sites (N-methyl/N-ethyl adjacent to an activating group) is 1. The number of hydrogen-bond acceptors (Lipinski definition) is 5. The minimum absolute atomic E-state index is 0.0663. The number of carbonyl (C=O) groups is 1. The highest BCUT2D eigenvalue weighted by atomic mass is 35.5. The van der Waals surface area contributed by atoms with Crippen LogP contribution in [0.15, 0.2) is 24.3 Å². The Labute approximate surface area is 210 Å². The molecule has 1 saturated heterocycles. The quantitative estimate of drug-likeness (QED) is 0.566. The third-order valence-electron chi connectivity index (χ3n) is 7.76. The topological polar surface area (TPSA) is 68.7 Å². The first-order valence-electron chi connectivity index (χ1n) is 12.5. The van der Waals surface area contributed by atoms with Crippen LogP contribution in [0.3, 0.4) is 0 Å². The van der Waals surface area contributed by atoms with Crippen molar-refractivity contribution >= 4 is 34.2 Å². The van der Waals surface area contributed by atoms with Gasteiger partial charge in [-0.05, 0) is 56.6 Å². The van der Waals surface area contributed by atoms with Gasteiger partial charge in [0.15, 0.2) is 0 Å². The Morgan fingerprint density at radius 1 is 1.26 bits per heavy atom. The van der Waals surface area contributed by atoms with Gasteiger partial charge < -0.3 is 15.3 Å². The van der Waals surface area contributed by atoms with E-state index in [1.165, 1.54) is 6.92 Å². The van der Waals surface area contributed by atoms with Gasteiger partial charge >= 0.3 is 0 Å². The highest BCUT2D eigenvalue weighted by Gasteiger charge is 2.47. The van der Waals surface area contributed by atoms with Gasteiger partial charge in [0.25, 0.3) is 11.8 Å². The summed E-state index contributed by atoms with van der Waals surface area (Å²) < 4.78 is 27.7. The first-order valence-corrected chi connectivity index (χ1v) is 12.9. The lowest BCUT2D eigenvalue weighted by molar-refractivity contribution is -0.138. The number of pyridine rings is 1. The Bertz CT molecular complexity index is 1080. The van der Waals surface area contributed by atoms with E-state index in [1.54, 1.807) is 12.1 Å². The van der Waals surface area contributed by atoms with Gasteiger partial charge in [-0.2, -0.15) is 0 Å². The summed E-state index contributed by atoms with van der Waals surface area (Å²) in [5.41, 5.74) is -0.424. The third-order valence-corrected chi connectivity index (χ3v) is 8.07. The van der Waals surface area contributed by atoms with Crippen LogP contribution in [0.25, 0.3) is 10.9 Å². The van der Waals surface area contributed by atoms with Gasteiger partial charge in [-0.1, -0.05) is 32.4 Å². The van der Waals surface area contributed by atoms with Crippen molar-refractivity contribution in [1.82, 2.24) is 15.2 Å². The highest BCUT2D eigenvalue weighted by molar-refractivity contribution is 6.35. The Morgan fingerprint density at radius 2 is 2.00 bits per heavy atom. The number of carbonyl (C=O) groups excluding carboxylic acids is 1. The van der Waals surface area contributed by atoms with E-state index in [-0.39, 0.29) is 30.0 Å². The molecule has 192 valence electrons. The van der Waals surface area contributed by atoms with Gasteiger partial charge in [0.2, 0.25) is 0 Å². The summed E-state index contributed by atoms with van der Waals surface area (Å²) in [6, 6.07) is 7.73. The molecule has 2 heterocycles. The lowest BCUT2D eigenvalue weighted by Gasteiger charge is -2.40. The largest absolute Gasteiger partial charge is 0.388 e. The second kappa shape index (κ2) is 10.1. The number of amides is 1. The average molecular weight is 509 g/mol. The maximum atomic E-state index is 13.8. The summed E-state index contributed by atoms with van der Waals surface area (Å²) in [6.45, 7) is 9.57. The standard InChI is InChI=1S/C26H35ClF2N4O2/c1-4-32(5-2)18-10-13-33(15-18)22-9-6-19-21(31-22)8-7-20(27)23(19)24(34)30-16-25(35)11-12-26(28,29)17(3)14-25/h6-9,17-18,35H,4-5,10-16H2,1-3H3,(H,30,34). The Balaban J connectivity index is 1.50. The number of rotatable bonds is 7. The molecular formula is C26H35ClF2N4O2. The number of aliphatic hydroxyl groups is 1. The van der Waals surface area contributed by atoms with Crippen LogP contribution in [0.1, 0.15) is 56.8 Å². The van der Waals surface area contributed by atoms with Gasteiger partial charge in [-0.25, -0.2) is 13.8 Å². The maximum absolute atomic E-state index is 13.8. The van der Waals surface area contributed by atoms with E-state index < -0.39 is 29.8 Å². The summed E-state index contributed by atoms with van der Waals surface area (Å²) in [5.74, 6) is -3.32. The molecular weight excluding hydrogens is 474 g/mol. The molecule has 6 nitrogen and oxygen atoms in total. The number of halogens is 3. The Morgan fingerprint density at radius 3 is 2.69 bits per heavy atom. The number of aromatic nitrogens is 1. The van der Waals surface area contributed by atoms with Crippen LogP contribution >= 0.6 is 11.6 Å². The number of benzene rings is 1. The van der Waals surface area contributed by atoms with Crippen molar-refractivity contribution in [3.63, 3.8) is 0 Å². The predicted molar refractivity (Wildman–Crippen MR) is 136 cm³/mol. The fourth-order valence-electron chi connectivity index (χ4n) is 5.52. The van der Waals surface area contributed by atoms with E-state index in [2.05, 4.69) is 29.0 Å². The summed E-state index contributed by atoms with van der Waals surface area (Å²) in [5, 5.41) is 14.4. The first kappa shape index (κ1) is 26.0. The number of nitrogens with zero attached hydrogens (tertiary/aromatic N) is 3. The third kappa shape index (κ3) is 5.39. The van der Waals surface area contributed by atoms with Gasteiger partial charge in [-0.15, -0.1) is 0 Å². The maximum Gasteiger partial charge on any atom is 0.253 e. The molecule has 1 saturated carbocycles. The van der Waals surface area contributed by atoms with Crippen molar-refractivity contribution in [2.75, 3.05) is 37.6 Å². The summed E-state index contributed by atoms with van der Waals surface area (Å²) in [4.78, 5) is 22.6. The van der Waals surface area contributed by atoms with Crippen molar-refractivity contribution in [3.05, 3.63) is 34.9 Å². The molecule has 1 aromatic heterocycles. The van der Waals surface area contributed by atoms with E-state index in [1.807, 2.05) is 12.1 Å². The monoisotopic (exact) mass is 508 g/mol. The molecule has 0 bridgehead atoms. The lowest BCUT2D eigenvalue weighted by Crippen LogP contribution is -2.50. The molecule has 1 amide bonds. The van der Waals surface area contributed by atoms with Gasteiger partial charge in [0, 0.05) is 43.4 Å². The van der Waals surface area contributed by atoms with Crippen LogP contribution in [0.2, 0.25) is 5.02 Å². The van der Waals surface area contributed by atoms with Crippen molar-refractivity contribution in [2.45, 2.75) is 64.0 Å². The van der Waals surface area contributed by atoms with Crippen molar-refractivity contribution in [3.8, 4) is 0 Å².